The van der Waals surface area contributed by atoms with Gasteiger partial charge in [0.05, 0.1) is 0 Å². The van der Waals surface area contributed by atoms with Crippen molar-refractivity contribution >= 4 is 23.5 Å². The van der Waals surface area contributed by atoms with Gasteiger partial charge in [-0.15, -0.1) is 0 Å². The van der Waals surface area contributed by atoms with Gasteiger partial charge < -0.3 is 14.5 Å². The fraction of sp³-hybridized carbons (Fsp3) is 0.517. The molecule has 3 saturated heterocycles. The van der Waals surface area contributed by atoms with Crippen molar-refractivity contribution < 1.29 is 19.1 Å². The summed E-state index contributed by atoms with van der Waals surface area (Å²) in [6, 6.07) is 9.64. The monoisotopic (exact) mass is 517 g/mol. The molecule has 2 aromatic rings. The third kappa shape index (κ3) is 5.12. The molecule has 5 heterocycles. The summed E-state index contributed by atoms with van der Waals surface area (Å²) in [7, 11) is 0. The first kappa shape index (κ1) is 24.9. The number of fused-ring (bicyclic) bond motifs is 1. The predicted molar refractivity (Wildman–Crippen MR) is 142 cm³/mol. The molecule has 1 aromatic carbocycles. The van der Waals surface area contributed by atoms with Crippen LogP contribution < -0.4 is 15.0 Å². The number of nitrogens with one attached hydrogen (secondary N) is 1. The molecule has 3 amide bonds. The first-order valence-electron chi connectivity index (χ1n) is 13.9. The number of ether oxygens (including phenoxy) is 1. The van der Waals surface area contributed by atoms with Gasteiger partial charge in [-0.05, 0) is 74.0 Å². The van der Waals surface area contributed by atoms with Crippen molar-refractivity contribution in [2.45, 2.75) is 70.1 Å². The van der Waals surface area contributed by atoms with Gasteiger partial charge in [0, 0.05) is 50.4 Å². The van der Waals surface area contributed by atoms with E-state index in [-0.39, 0.29) is 18.2 Å². The van der Waals surface area contributed by atoms with Crippen molar-refractivity contribution in [1.82, 2.24) is 20.1 Å². The summed E-state index contributed by atoms with van der Waals surface area (Å²) in [5.41, 5.74) is 2.69. The molecule has 200 valence electrons. The minimum absolute atomic E-state index is 0.163. The van der Waals surface area contributed by atoms with Gasteiger partial charge in [-0.3, -0.25) is 24.6 Å². The molecule has 6 rings (SSSR count). The van der Waals surface area contributed by atoms with Crippen molar-refractivity contribution in [3.05, 3.63) is 53.2 Å². The summed E-state index contributed by atoms with van der Waals surface area (Å²) >= 11 is 0. The minimum Gasteiger partial charge on any atom is -0.492 e. The average molecular weight is 518 g/mol. The lowest BCUT2D eigenvalue weighted by Crippen LogP contribution is -2.52. The number of pyridine rings is 1. The van der Waals surface area contributed by atoms with Crippen LogP contribution in [0, 0.1) is 0 Å². The largest absolute Gasteiger partial charge is 0.492 e. The molecule has 0 saturated carbocycles. The second-order valence-electron chi connectivity index (χ2n) is 10.9. The molecule has 1 unspecified atom stereocenters. The Morgan fingerprint density at radius 3 is 2.61 bits per heavy atom. The molecule has 0 spiro atoms. The quantitative estimate of drug-likeness (QED) is 0.565. The van der Waals surface area contributed by atoms with Crippen LogP contribution in [0.4, 0.5) is 5.82 Å². The molecule has 4 aliphatic heterocycles. The summed E-state index contributed by atoms with van der Waals surface area (Å²) in [5.74, 6) is 0.985. The van der Waals surface area contributed by atoms with Crippen LogP contribution in [0.3, 0.4) is 0 Å². The average Bonchev–Trinajstić information content (AvgIpc) is 3.57. The third-order valence-electron chi connectivity index (χ3n) is 8.31. The number of piperidine rings is 2. The molecule has 0 radical (unpaired) electrons. The number of rotatable bonds is 7. The van der Waals surface area contributed by atoms with Crippen molar-refractivity contribution in [3.8, 4) is 5.75 Å². The number of carbonyl (C=O) groups is 3. The fourth-order valence-corrected chi connectivity index (χ4v) is 6.17. The number of benzene rings is 1. The Kier molecular flexibility index (Phi) is 7.02. The van der Waals surface area contributed by atoms with E-state index in [1.807, 2.05) is 18.3 Å². The maximum absolute atomic E-state index is 13.0. The van der Waals surface area contributed by atoms with Crippen LogP contribution in [0.1, 0.15) is 66.4 Å². The Bertz CT molecular complexity index is 1210. The highest BCUT2D eigenvalue weighted by Crippen LogP contribution is 2.31. The zero-order valence-electron chi connectivity index (χ0n) is 21.7. The second kappa shape index (κ2) is 10.7. The van der Waals surface area contributed by atoms with Crippen molar-refractivity contribution in [2.75, 3.05) is 31.1 Å². The fourth-order valence-electron chi connectivity index (χ4n) is 6.17. The van der Waals surface area contributed by atoms with Gasteiger partial charge in [0.25, 0.3) is 5.91 Å². The maximum atomic E-state index is 13.0. The topological polar surface area (TPSA) is 95.1 Å². The van der Waals surface area contributed by atoms with Gasteiger partial charge >= 0.3 is 0 Å². The van der Waals surface area contributed by atoms with Crippen molar-refractivity contribution in [1.29, 1.82) is 0 Å². The molecule has 9 nitrogen and oxygen atoms in total. The van der Waals surface area contributed by atoms with Crippen LogP contribution in [0.15, 0.2) is 36.5 Å². The highest BCUT2D eigenvalue weighted by Gasteiger charge is 2.39. The lowest BCUT2D eigenvalue weighted by atomic mass is 10.0. The number of aromatic nitrogens is 1. The Hall–Kier alpha value is -3.46. The molecule has 0 aliphatic carbocycles. The highest BCUT2D eigenvalue weighted by atomic mass is 16.5. The first-order chi connectivity index (χ1) is 18.5. The van der Waals surface area contributed by atoms with E-state index in [0.717, 1.165) is 49.7 Å². The zero-order chi connectivity index (χ0) is 26.1. The van der Waals surface area contributed by atoms with Crippen LogP contribution in [-0.2, 0) is 22.7 Å². The lowest BCUT2D eigenvalue weighted by Gasteiger charge is -2.35. The first-order valence-corrected chi connectivity index (χ1v) is 13.9. The number of amides is 3. The van der Waals surface area contributed by atoms with Crippen molar-refractivity contribution in [2.24, 2.45) is 0 Å². The SMILES string of the molecule is O=C1CCC(N2Cc3cc(OC[C@@H]4CCCCN4Cc4ccc(N5CCCC5)nc4)ccc3C2=O)C(=O)N1. The van der Waals surface area contributed by atoms with E-state index < -0.39 is 11.9 Å². The summed E-state index contributed by atoms with van der Waals surface area (Å²) < 4.78 is 6.26. The summed E-state index contributed by atoms with van der Waals surface area (Å²) in [4.78, 5) is 47.9. The van der Waals surface area contributed by atoms with E-state index in [1.54, 1.807) is 11.0 Å². The number of anilines is 1. The molecule has 0 bridgehead atoms. The van der Waals surface area contributed by atoms with Crippen LogP contribution >= 0.6 is 0 Å². The summed E-state index contributed by atoms with van der Waals surface area (Å²) in [5, 5.41) is 2.35. The van der Waals surface area contributed by atoms with Gasteiger partial charge in [0.15, 0.2) is 0 Å². The molecule has 4 aliphatic rings. The second-order valence-corrected chi connectivity index (χ2v) is 10.9. The Morgan fingerprint density at radius 2 is 1.82 bits per heavy atom. The molecule has 3 fully saturated rings. The molecular formula is C29H35N5O4. The summed E-state index contributed by atoms with van der Waals surface area (Å²) in [6.45, 7) is 5.05. The highest BCUT2D eigenvalue weighted by molar-refractivity contribution is 6.05. The molecule has 38 heavy (non-hydrogen) atoms. The number of imide groups is 1. The van der Waals surface area contributed by atoms with Gasteiger partial charge in [-0.25, -0.2) is 4.98 Å². The van der Waals surface area contributed by atoms with Crippen molar-refractivity contribution in [3.63, 3.8) is 0 Å². The van der Waals surface area contributed by atoms with Gasteiger partial charge in [-0.2, -0.15) is 0 Å². The van der Waals surface area contributed by atoms with E-state index in [9.17, 15) is 14.4 Å². The number of hydrogen-bond acceptors (Lipinski definition) is 7. The normalized spacial score (nSPS) is 24.1. The Morgan fingerprint density at radius 1 is 0.974 bits per heavy atom. The number of hydrogen-bond donors (Lipinski definition) is 1. The standard InChI is InChI=1S/C29H35N5O4/c35-27-11-9-25(28(36)31-27)34-18-21-15-23(7-8-24(21)29(34)37)38-19-22-5-1-2-14-33(22)17-20-6-10-26(30-16-20)32-12-3-4-13-32/h6-8,10,15-16,22,25H,1-5,9,11-14,17-19H2,(H,31,35,36)/t22-,25?/m0/s1. The van der Waals surface area contributed by atoms with E-state index in [0.29, 0.717) is 31.2 Å². The smallest absolute Gasteiger partial charge is 0.255 e. The van der Waals surface area contributed by atoms with Gasteiger partial charge in [-0.1, -0.05) is 12.5 Å². The van der Waals surface area contributed by atoms with E-state index in [4.69, 9.17) is 9.72 Å². The molecule has 1 N–H and O–H groups in total. The van der Waals surface area contributed by atoms with Crippen LogP contribution in [0.25, 0.3) is 0 Å². The maximum Gasteiger partial charge on any atom is 0.255 e. The molecular weight excluding hydrogens is 482 g/mol. The van der Waals surface area contributed by atoms with Gasteiger partial charge in [0.1, 0.15) is 24.2 Å². The molecule has 2 atom stereocenters. The van der Waals surface area contributed by atoms with E-state index >= 15 is 0 Å². The van der Waals surface area contributed by atoms with E-state index in [1.165, 1.54) is 31.2 Å². The number of nitrogens with zero attached hydrogens (tertiary/aromatic N) is 4. The third-order valence-corrected chi connectivity index (χ3v) is 8.31. The van der Waals surface area contributed by atoms with Crippen LogP contribution in [0.2, 0.25) is 0 Å². The number of likely N-dealkylation sites (tertiary alicyclic amines) is 1. The zero-order valence-corrected chi connectivity index (χ0v) is 21.7. The molecule has 1 aromatic heterocycles. The lowest BCUT2D eigenvalue weighted by molar-refractivity contribution is -0.136. The predicted octanol–water partition coefficient (Wildman–Crippen LogP) is 2.88. The Balaban J connectivity index is 1.07. The van der Waals surface area contributed by atoms with Crippen LogP contribution in [-0.4, -0.2) is 70.8 Å². The minimum atomic E-state index is -0.605. The Labute approximate surface area is 223 Å². The summed E-state index contributed by atoms with van der Waals surface area (Å²) in [6.07, 6.45) is 8.60. The van der Waals surface area contributed by atoms with Crippen LogP contribution in [0.5, 0.6) is 5.75 Å². The molecule has 9 heteroatoms. The van der Waals surface area contributed by atoms with Gasteiger partial charge in [0.2, 0.25) is 11.8 Å². The number of carbonyl (C=O) groups excluding carboxylic acids is 3. The van der Waals surface area contributed by atoms with E-state index in [2.05, 4.69) is 27.2 Å².